The number of alkyl halides is 3. The second-order valence-corrected chi connectivity index (χ2v) is 6.98. The Morgan fingerprint density at radius 3 is 2.52 bits per heavy atom. The summed E-state index contributed by atoms with van der Waals surface area (Å²) >= 11 is 5.88. The minimum atomic E-state index is -4.63. The molecule has 11 heteroatoms. The summed E-state index contributed by atoms with van der Waals surface area (Å²) in [6.07, 6.45) is -2.17. The van der Waals surface area contributed by atoms with Gasteiger partial charge in [-0.2, -0.15) is 18.3 Å². The summed E-state index contributed by atoms with van der Waals surface area (Å²) in [7, 11) is 0. The van der Waals surface area contributed by atoms with Crippen molar-refractivity contribution in [2.45, 2.75) is 12.7 Å². The molecule has 158 valence electrons. The quantitative estimate of drug-likeness (QED) is 0.514. The van der Waals surface area contributed by atoms with Gasteiger partial charge in [0.1, 0.15) is 18.3 Å². The molecule has 0 fully saturated rings. The lowest BCUT2D eigenvalue weighted by atomic mass is 10.1. The van der Waals surface area contributed by atoms with Crippen molar-refractivity contribution in [1.29, 1.82) is 0 Å². The fourth-order valence-corrected chi connectivity index (χ4v) is 3.14. The summed E-state index contributed by atoms with van der Waals surface area (Å²) in [6.45, 7) is -0.514. The molecule has 4 rings (SSSR count). The first-order valence-corrected chi connectivity index (χ1v) is 9.27. The Morgan fingerprint density at radius 2 is 1.81 bits per heavy atom. The standard InChI is InChI=1S/C20H13ClF3N5O2/c21-12-5-7-13(8-6-12)29-18-14(9-26-29)19(31)28(11-25-18)10-17(30)27-16-4-2-1-3-15(16)20(22,23)24/h1-9,11H,10H2,(H,27,30). The largest absolute Gasteiger partial charge is 0.418 e. The van der Waals surface area contributed by atoms with Crippen LogP contribution in [-0.4, -0.2) is 25.2 Å². The van der Waals surface area contributed by atoms with E-state index in [0.717, 1.165) is 23.0 Å². The first kappa shape index (κ1) is 20.6. The fourth-order valence-electron chi connectivity index (χ4n) is 3.02. The lowest BCUT2D eigenvalue weighted by Gasteiger charge is -2.13. The number of amides is 1. The van der Waals surface area contributed by atoms with Gasteiger partial charge in [-0.1, -0.05) is 23.7 Å². The van der Waals surface area contributed by atoms with Gasteiger partial charge < -0.3 is 5.32 Å². The van der Waals surface area contributed by atoms with Crippen molar-refractivity contribution in [1.82, 2.24) is 19.3 Å². The van der Waals surface area contributed by atoms with Crippen LogP contribution in [0, 0.1) is 0 Å². The number of rotatable bonds is 4. The van der Waals surface area contributed by atoms with Gasteiger partial charge in [0.25, 0.3) is 5.56 Å². The first-order chi connectivity index (χ1) is 14.7. The minimum Gasteiger partial charge on any atom is -0.324 e. The molecule has 0 bridgehead atoms. The van der Waals surface area contributed by atoms with Gasteiger partial charge in [0.05, 0.1) is 23.1 Å². The fraction of sp³-hybridized carbons (Fsp3) is 0.100. The van der Waals surface area contributed by atoms with Gasteiger partial charge in [0.15, 0.2) is 5.65 Å². The van der Waals surface area contributed by atoms with Crippen LogP contribution in [0.4, 0.5) is 18.9 Å². The lowest BCUT2D eigenvalue weighted by molar-refractivity contribution is -0.137. The van der Waals surface area contributed by atoms with Crippen LogP contribution in [-0.2, 0) is 17.5 Å². The molecule has 0 spiro atoms. The Labute approximate surface area is 177 Å². The van der Waals surface area contributed by atoms with Crippen LogP contribution < -0.4 is 10.9 Å². The van der Waals surface area contributed by atoms with E-state index in [1.165, 1.54) is 23.0 Å². The predicted octanol–water partition coefficient (Wildman–Crippen LogP) is 3.89. The van der Waals surface area contributed by atoms with E-state index in [2.05, 4.69) is 15.4 Å². The van der Waals surface area contributed by atoms with Crippen molar-refractivity contribution >= 4 is 34.2 Å². The van der Waals surface area contributed by atoms with Gasteiger partial charge in [-0.15, -0.1) is 0 Å². The molecule has 0 radical (unpaired) electrons. The zero-order valence-corrected chi connectivity index (χ0v) is 16.4. The molecule has 7 nitrogen and oxygen atoms in total. The van der Waals surface area contributed by atoms with E-state index in [-0.39, 0.29) is 11.0 Å². The van der Waals surface area contributed by atoms with Crippen LogP contribution in [0.1, 0.15) is 5.56 Å². The van der Waals surface area contributed by atoms with Crippen LogP contribution in [0.25, 0.3) is 16.7 Å². The zero-order valence-electron chi connectivity index (χ0n) is 15.6. The highest BCUT2D eigenvalue weighted by atomic mass is 35.5. The summed E-state index contributed by atoms with van der Waals surface area (Å²) in [5, 5.41) is 7.04. The maximum Gasteiger partial charge on any atom is 0.418 e. The molecule has 2 aromatic carbocycles. The van der Waals surface area contributed by atoms with Crippen LogP contribution in [0.2, 0.25) is 5.02 Å². The molecular formula is C20H13ClF3N5O2. The zero-order chi connectivity index (χ0) is 22.2. The van der Waals surface area contributed by atoms with E-state index in [1.807, 2.05) is 0 Å². The van der Waals surface area contributed by atoms with Gasteiger partial charge in [0.2, 0.25) is 5.91 Å². The average Bonchev–Trinajstić information content (AvgIpc) is 3.15. The molecule has 4 aromatic rings. The molecule has 1 amide bonds. The molecule has 0 aliphatic carbocycles. The molecule has 0 aliphatic rings. The van der Waals surface area contributed by atoms with Crippen molar-refractivity contribution in [2.75, 3.05) is 5.32 Å². The normalized spacial score (nSPS) is 11.6. The van der Waals surface area contributed by atoms with Crippen molar-refractivity contribution in [3.63, 3.8) is 0 Å². The number of fused-ring (bicyclic) bond motifs is 1. The van der Waals surface area contributed by atoms with E-state index in [1.54, 1.807) is 24.3 Å². The summed E-state index contributed by atoms with van der Waals surface area (Å²) < 4.78 is 41.7. The smallest absolute Gasteiger partial charge is 0.324 e. The number of nitrogens with zero attached hydrogens (tertiary/aromatic N) is 4. The number of anilines is 1. The van der Waals surface area contributed by atoms with E-state index in [0.29, 0.717) is 10.7 Å². The van der Waals surface area contributed by atoms with E-state index >= 15 is 0 Å². The number of aromatic nitrogens is 4. The molecule has 0 unspecified atom stereocenters. The van der Waals surface area contributed by atoms with E-state index in [4.69, 9.17) is 11.6 Å². The predicted molar refractivity (Wildman–Crippen MR) is 108 cm³/mol. The number of hydrogen-bond acceptors (Lipinski definition) is 4. The molecule has 1 N–H and O–H groups in total. The Morgan fingerprint density at radius 1 is 1.10 bits per heavy atom. The summed E-state index contributed by atoms with van der Waals surface area (Å²) in [4.78, 5) is 29.2. The Bertz CT molecular complexity index is 1330. The van der Waals surface area contributed by atoms with Gasteiger partial charge >= 0.3 is 6.18 Å². The first-order valence-electron chi connectivity index (χ1n) is 8.89. The molecule has 0 saturated carbocycles. The number of carbonyl (C=O) groups excluding carboxylic acids is 1. The molecule has 2 aromatic heterocycles. The second-order valence-electron chi connectivity index (χ2n) is 6.54. The highest BCUT2D eigenvalue weighted by molar-refractivity contribution is 6.30. The number of hydrogen-bond donors (Lipinski definition) is 1. The third-order valence-corrected chi connectivity index (χ3v) is 4.70. The monoisotopic (exact) mass is 447 g/mol. The SMILES string of the molecule is O=C(Cn1cnc2c(cnn2-c2ccc(Cl)cc2)c1=O)Nc1ccccc1C(F)(F)F. The second kappa shape index (κ2) is 7.88. The van der Waals surface area contributed by atoms with Crippen molar-refractivity contribution < 1.29 is 18.0 Å². The maximum absolute atomic E-state index is 13.1. The molecule has 2 heterocycles. The highest BCUT2D eigenvalue weighted by Gasteiger charge is 2.33. The highest BCUT2D eigenvalue weighted by Crippen LogP contribution is 2.34. The number of benzene rings is 2. The summed E-state index contributed by atoms with van der Waals surface area (Å²) in [5.74, 6) is -0.801. The lowest BCUT2D eigenvalue weighted by Crippen LogP contribution is -2.28. The number of carbonyl (C=O) groups is 1. The summed E-state index contributed by atoms with van der Waals surface area (Å²) in [6, 6.07) is 11.3. The Kier molecular flexibility index (Phi) is 5.24. The van der Waals surface area contributed by atoms with E-state index < -0.39 is 35.4 Å². The third kappa shape index (κ3) is 4.15. The van der Waals surface area contributed by atoms with Crippen LogP contribution in [0.5, 0.6) is 0 Å². The number of halogens is 4. The third-order valence-electron chi connectivity index (χ3n) is 4.45. The van der Waals surface area contributed by atoms with Crippen LogP contribution in [0.15, 0.2) is 65.8 Å². The van der Waals surface area contributed by atoms with Crippen LogP contribution in [0.3, 0.4) is 0 Å². The molecule has 0 aliphatic heterocycles. The minimum absolute atomic E-state index is 0.154. The van der Waals surface area contributed by atoms with Gasteiger partial charge in [-0.05, 0) is 36.4 Å². The molecular weight excluding hydrogens is 435 g/mol. The van der Waals surface area contributed by atoms with Crippen molar-refractivity contribution in [3.05, 3.63) is 82.0 Å². The van der Waals surface area contributed by atoms with Gasteiger partial charge in [0, 0.05) is 5.02 Å². The van der Waals surface area contributed by atoms with Crippen molar-refractivity contribution in [3.8, 4) is 5.69 Å². The topological polar surface area (TPSA) is 81.8 Å². The molecule has 0 saturated heterocycles. The molecule has 31 heavy (non-hydrogen) atoms. The average molecular weight is 448 g/mol. The number of para-hydroxylation sites is 1. The Hall–Kier alpha value is -3.66. The summed E-state index contributed by atoms with van der Waals surface area (Å²) in [5.41, 5.74) is -1.02. The number of nitrogens with one attached hydrogen (secondary N) is 1. The van der Waals surface area contributed by atoms with Gasteiger partial charge in [-0.25, -0.2) is 9.67 Å². The maximum atomic E-state index is 13.1. The van der Waals surface area contributed by atoms with Crippen LogP contribution >= 0.6 is 11.6 Å². The Balaban J connectivity index is 1.60. The molecule has 0 atom stereocenters. The van der Waals surface area contributed by atoms with Gasteiger partial charge in [-0.3, -0.25) is 14.2 Å². The van der Waals surface area contributed by atoms with Crippen molar-refractivity contribution in [2.24, 2.45) is 0 Å². The van der Waals surface area contributed by atoms with E-state index in [9.17, 15) is 22.8 Å².